The Morgan fingerprint density at radius 3 is 2.67 bits per heavy atom. The van der Waals surface area contributed by atoms with Crippen LogP contribution in [0.1, 0.15) is 13.8 Å². The first-order valence-electron chi connectivity index (χ1n) is 4.58. The highest BCUT2D eigenvalue weighted by Crippen LogP contribution is 2.23. The molecule has 0 fully saturated rings. The van der Waals surface area contributed by atoms with E-state index < -0.39 is 5.82 Å². The average molecular weight is 296 g/mol. The first-order chi connectivity index (χ1) is 6.94. The van der Waals surface area contributed by atoms with Gasteiger partial charge in [0, 0.05) is 16.8 Å². The van der Waals surface area contributed by atoms with Gasteiger partial charge in [-0.3, -0.25) is 0 Å². The number of ether oxygens (including phenoxy) is 1. The molecule has 0 unspecified atom stereocenters. The van der Waals surface area contributed by atoms with E-state index in [1.807, 2.05) is 0 Å². The van der Waals surface area contributed by atoms with Crippen molar-refractivity contribution < 1.29 is 9.13 Å². The quantitative estimate of drug-likeness (QED) is 0.753. The molecule has 0 aliphatic carbocycles. The molecule has 1 aromatic rings. The number of hydrogen-bond acceptors (Lipinski definition) is 1. The summed E-state index contributed by atoms with van der Waals surface area (Å²) in [6.07, 6.45) is 0. The fourth-order valence-corrected chi connectivity index (χ4v) is 1.16. The van der Waals surface area contributed by atoms with E-state index in [-0.39, 0.29) is 10.4 Å². The van der Waals surface area contributed by atoms with Crippen LogP contribution in [0.4, 0.5) is 4.39 Å². The molecule has 0 aliphatic heterocycles. The normalized spacial score (nSPS) is 11.5. The van der Waals surface area contributed by atoms with Crippen molar-refractivity contribution in [2.75, 3.05) is 11.9 Å². The van der Waals surface area contributed by atoms with Gasteiger partial charge in [-0.2, -0.15) is 0 Å². The minimum atomic E-state index is -0.453. The third-order valence-electron chi connectivity index (χ3n) is 1.88. The third kappa shape index (κ3) is 3.99. The van der Waals surface area contributed by atoms with Gasteiger partial charge in [-0.1, -0.05) is 41.4 Å². The van der Waals surface area contributed by atoms with E-state index in [1.54, 1.807) is 6.07 Å². The maximum Gasteiger partial charge on any atom is 0.145 e. The lowest BCUT2D eigenvalue weighted by atomic mass is 9.98. The summed E-state index contributed by atoms with van der Waals surface area (Å²) in [5.41, 5.74) is 0.0239. The van der Waals surface area contributed by atoms with Gasteiger partial charge in [0.05, 0.1) is 11.6 Å². The second-order valence-electron chi connectivity index (χ2n) is 4.16. The fraction of sp³-hybridized carbons (Fsp3) is 0.455. The number of benzene rings is 1. The molecule has 15 heavy (non-hydrogen) atoms. The molecule has 1 nitrogen and oxygen atoms in total. The minimum Gasteiger partial charge on any atom is -0.493 e. The summed E-state index contributed by atoms with van der Waals surface area (Å²) in [6.45, 7) is 4.65. The Bertz CT molecular complexity index is 341. The number of rotatable bonds is 4. The minimum absolute atomic E-state index is 0.0239. The fourth-order valence-electron chi connectivity index (χ4n) is 0.884. The van der Waals surface area contributed by atoms with Gasteiger partial charge in [0.1, 0.15) is 11.6 Å². The summed E-state index contributed by atoms with van der Waals surface area (Å²) in [7, 11) is 0. The zero-order valence-electron chi connectivity index (χ0n) is 8.69. The molecule has 0 spiro atoms. The predicted octanol–water partition coefficient (Wildman–Crippen LogP) is 4.28. The second-order valence-corrected chi connectivity index (χ2v) is 5.13. The first-order valence-corrected chi connectivity index (χ1v) is 6.08. The van der Waals surface area contributed by atoms with Crippen molar-refractivity contribution in [1.82, 2.24) is 0 Å². The Morgan fingerprint density at radius 1 is 1.47 bits per heavy atom. The summed E-state index contributed by atoms with van der Waals surface area (Å²) in [4.78, 5) is 0. The summed E-state index contributed by atoms with van der Waals surface area (Å²) >= 11 is 8.96. The molecule has 0 aromatic heterocycles. The SMILES string of the molecule is CC(C)(CBr)COc1ccc(Cl)c(F)c1. The zero-order chi connectivity index (χ0) is 11.5. The van der Waals surface area contributed by atoms with E-state index >= 15 is 0 Å². The van der Waals surface area contributed by atoms with Gasteiger partial charge in [-0.05, 0) is 12.1 Å². The van der Waals surface area contributed by atoms with Crippen LogP contribution in [0, 0.1) is 11.2 Å². The van der Waals surface area contributed by atoms with Crippen LogP contribution in [0.25, 0.3) is 0 Å². The maximum absolute atomic E-state index is 13.1. The van der Waals surface area contributed by atoms with Gasteiger partial charge in [0.15, 0.2) is 0 Å². The van der Waals surface area contributed by atoms with Crippen molar-refractivity contribution in [3.63, 3.8) is 0 Å². The summed E-state index contributed by atoms with van der Waals surface area (Å²) in [5.74, 6) is 0.0525. The van der Waals surface area contributed by atoms with Crippen LogP contribution in [0.2, 0.25) is 5.02 Å². The molecule has 0 atom stereocenters. The topological polar surface area (TPSA) is 9.23 Å². The Kier molecular flexibility index (Phi) is 4.41. The van der Waals surface area contributed by atoms with E-state index in [0.717, 1.165) is 5.33 Å². The number of hydrogen-bond donors (Lipinski definition) is 0. The number of halogens is 3. The summed E-state index contributed by atoms with van der Waals surface area (Å²) in [5, 5.41) is 0.942. The monoisotopic (exact) mass is 294 g/mol. The van der Waals surface area contributed by atoms with E-state index in [2.05, 4.69) is 29.8 Å². The van der Waals surface area contributed by atoms with Crippen LogP contribution in [0.5, 0.6) is 5.75 Å². The lowest BCUT2D eigenvalue weighted by molar-refractivity contribution is 0.202. The van der Waals surface area contributed by atoms with E-state index in [0.29, 0.717) is 12.4 Å². The van der Waals surface area contributed by atoms with Gasteiger partial charge >= 0.3 is 0 Å². The van der Waals surface area contributed by atoms with Crippen LogP contribution in [-0.4, -0.2) is 11.9 Å². The molecule has 0 N–H and O–H groups in total. The molecule has 84 valence electrons. The van der Waals surface area contributed by atoms with Crippen LogP contribution in [0.3, 0.4) is 0 Å². The van der Waals surface area contributed by atoms with Crippen molar-refractivity contribution in [2.24, 2.45) is 5.41 Å². The van der Waals surface area contributed by atoms with Crippen molar-refractivity contribution in [3.8, 4) is 5.75 Å². The van der Waals surface area contributed by atoms with Crippen molar-refractivity contribution in [3.05, 3.63) is 29.0 Å². The largest absolute Gasteiger partial charge is 0.493 e. The Balaban J connectivity index is 2.62. The first kappa shape index (κ1) is 12.8. The predicted molar refractivity (Wildman–Crippen MR) is 64.5 cm³/mol. The lowest BCUT2D eigenvalue weighted by Crippen LogP contribution is -2.22. The maximum atomic E-state index is 13.1. The average Bonchev–Trinajstić information content (AvgIpc) is 2.20. The lowest BCUT2D eigenvalue weighted by Gasteiger charge is -2.21. The highest BCUT2D eigenvalue weighted by Gasteiger charge is 2.17. The Hall–Kier alpha value is -0.280. The third-order valence-corrected chi connectivity index (χ3v) is 3.71. The van der Waals surface area contributed by atoms with Gasteiger partial charge in [0.2, 0.25) is 0 Å². The molecule has 1 aromatic carbocycles. The van der Waals surface area contributed by atoms with Crippen molar-refractivity contribution in [2.45, 2.75) is 13.8 Å². The van der Waals surface area contributed by atoms with Crippen molar-refractivity contribution in [1.29, 1.82) is 0 Å². The standard InChI is InChI=1S/C11H13BrClFO/c1-11(2,6-12)7-15-8-3-4-9(13)10(14)5-8/h3-5H,6-7H2,1-2H3. The van der Waals surface area contributed by atoms with Gasteiger partial charge in [-0.15, -0.1) is 0 Å². The van der Waals surface area contributed by atoms with E-state index in [9.17, 15) is 4.39 Å². The molecular weight excluding hydrogens is 282 g/mol. The highest BCUT2D eigenvalue weighted by atomic mass is 79.9. The Labute approximate surface area is 103 Å². The molecule has 0 radical (unpaired) electrons. The molecule has 0 saturated carbocycles. The molecular formula is C11H13BrClFO. The van der Waals surface area contributed by atoms with Crippen molar-refractivity contribution >= 4 is 27.5 Å². The molecule has 1 rings (SSSR count). The van der Waals surface area contributed by atoms with E-state index in [4.69, 9.17) is 16.3 Å². The second kappa shape index (κ2) is 5.17. The highest BCUT2D eigenvalue weighted by molar-refractivity contribution is 9.09. The molecule has 4 heteroatoms. The van der Waals surface area contributed by atoms with Crippen LogP contribution >= 0.6 is 27.5 Å². The van der Waals surface area contributed by atoms with Crippen LogP contribution in [-0.2, 0) is 0 Å². The zero-order valence-corrected chi connectivity index (χ0v) is 11.0. The smallest absolute Gasteiger partial charge is 0.145 e. The molecule has 0 bridgehead atoms. The molecule has 0 heterocycles. The molecule has 0 saturated heterocycles. The van der Waals surface area contributed by atoms with Gasteiger partial charge in [0.25, 0.3) is 0 Å². The summed E-state index contributed by atoms with van der Waals surface area (Å²) in [6, 6.07) is 4.45. The van der Waals surface area contributed by atoms with Gasteiger partial charge < -0.3 is 4.74 Å². The molecule has 0 amide bonds. The molecule has 0 aliphatic rings. The number of alkyl halides is 1. The van der Waals surface area contributed by atoms with Crippen LogP contribution < -0.4 is 4.74 Å². The summed E-state index contributed by atoms with van der Waals surface area (Å²) < 4.78 is 18.5. The Morgan fingerprint density at radius 2 is 2.13 bits per heavy atom. The van der Waals surface area contributed by atoms with Crippen LogP contribution in [0.15, 0.2) is 18.2 Å². The van der Waals surface area contributed by atoms with Gasteiger partial charge in [-0.25, -0.2) is 4.39 Å². The van der Waals surface area contributed by atoms with E-state index in [1.165, 1.54) is 12.1 Å².